The number of methoxy groups -OCH3 is 1. The number of rotatable bonds is 12. The van der Waals surface area contributed by atoms with Crippen molar-refractivity contribution in [3.05, 3.63) is 108 Å². The standard InChI is InChI=1S/C32H37N5O4S2/c1-40-30-14-12-28(13-15-30)34-31(42)36(17-16-35-18-20-41-21-19-35)24-29-22-33-32(37(29)23-26-8-4-2-5-9-26)43(38,39)25-27-10-6-3-7-11-27/h2-15,22H,16-21,23-25H2,1H3,(H,34,42). The van der Waals surface area contributed by atoms with Crippen LogP contribution in [-0.4, -0.2) is 79.4 Å². The van der Waals surface area contributed by atoms with E-state index in [9.17, 15) is 8.42 Å². The normalized spacial score (nSPS) is 13.9. The van der Waals surface area contributed by atoms with Crippen LogP contribution in [0, 0.1) is 0 Å². The summed E-state index contributed by atoms with van der Waals surface area (Å²) in [5.74, 6) is 0.631. The van der Waals surface area contributed by atoms with Crippen LogP contribution < -0.4 is 10.1 Å². The molecule has 0 unspecified atom stereocenters. The summed E-state index contributed by atoms with van der Waals surface area (Å²) in [6.45, 7) is 5.33. The topological polar surface area (TPSA) is 88.9 Å². The highest BCUT2D eigenvalue weighted by atomic mass is 32.2. The van der Waals surface area contributed by atoms with Gasteiger partial charge in [-0.05, 0) is 47.6 Å². The summed E-state index contributed by atoms with van der Waals surface area (Å²) in [6.07, 6.45) is 1.67. The molecule has 0 radical (unpaired) electrons. The Kier molecular flexibility index (Phi) is 10.4. The fourth-order valence-electron chi connectivity index (χ4n) is 4.97. The minimum Gasteiger partial charge on any atom is -0.497 e. The highest BCUT2D eigenvalue weighted by molar-refractivity contribution is 7.90. The van der Waals surface area contributed by atoms with E-state index in [2.05, 4.69) is 20.1 Å². The molecule has 0 atom stereocenters. The van der Waals surface area contributed by atoms with Gasteiger partial charge in [0, 0.05) is 31.9 Å². The Balaban J connectivity index is 1.44. The number of benzene rings is 3. The van der Waals surface area contributed by atoms with E-state index < -0.39 is 9.84 Å². The number of nitrogens with zero attached hydrogens (tertiary/aromatic N) is 4. The van der Waals surface area contributed by atoms with Crippen LogP contribution in [-0.2, 0) is 33.4 Å². The van der Waals surface area contributed by atoms with Gasteiger partial charge in [0.15, 0.2) is 5.11 Å². The maximum atomic E-state index is 13.7. The van der Waals surface area contributed by atoms with Gasteiger partial charge >= 0.3 is 0 Å². The summed E-state index contributed by atoms with van der Waals surface area (Å²) < 4.78 is 40.0. The molecule has 1 aliphatic rings. The van der Waals surface area contributed by atoms with Crippen LogP contribution >= 0.6 is 12.2 Å². The second-order valence-corrected chi connectivity index (χ2v) is 12.7. The Morgan fingerprint density at radius 1 is 0.977 bits per heavy atom. The van der Waals surface area contributed by atoms with Gasteiger partial charge in [0.25, 0.3) is 0 Å². The number of aromatic nitrogens is 2. The van der Waals surface area contributed by atoms with Crippen LogP contribution in [0.2, 0.25) is 0 Å². The molecule has 43 heavy (non-hydrogen) atoms. The predicted octanol–water partition coefficient (Wildman–Crippen LogP) is 4.45. The number of hydrogen-bond acceptors (Lipinski definition) is 7. The van der Waals surface area contributed by atoms with Crippen molar-refractivity contribution in [2.75, 3.05) is 51.8 Å². The zero-order chi connectivity index (χ0) is 30.1. The highest BCUT2D eigenvalue weighted by Crippen LogP contribution is 2.22. The SMILES string of the molecule is COc1ccc(NC(=S)N(CCN2CCOCC2)Cc2cnc(S(=O)(=O)Cc3ccccc3)n2Cc2ccccc2)cc1. The molecule has 0 amide bonds. The number of morpholine rings is 1. The van der Waals surface area contributed by atoms with Crippen molar-refractivity contribution in [2.45, 2.75) is 24.0 Å². The van der Waals surface area contributed by atoms with Crippen molar-refractivity contribution in [3.8, 4) is 5.75 Å². The van der Waals surface area contributed by atoms with Crippen LogP contribution in [0.1, 0.15) is 16.8 Å². The number of anilines is 1. The maximum Gasteiger partial charge on any atom is 0.228 e. The largest absolute Gasteiger partial charge is 0.497 e. The van der Waals surface area contributed by atoms with E-state index >= 15 is 0 Å². The fourth-order valence-corrected chi connectivity index (χ4v) is 6.74. The van der Waals surface area contributed by atoms with Gasteiger partial charge in [0.2, 0.25) is 15.0 Å². The molecule has 226 valence electrons. The molecule has 11 heteroatoms. The van der Waals surface area contributed by atoms with Crippen molar-refractivity contribution in [1.29, 1.82) is 0 Å². The monoisotopic (exact) mass is 619 g/mol. The first-order valence-corrected chi connectivity index (χ1v) is 16.3. The smallest absolute Gasteiger partial charge is 0.228 e. The summed E-state index contributed by atoms with van der Waals surface area (Å²) in [4.78, 5) is 8.91. The van der Waals surface area contributed by atoms with Gasteiger partial charge in [0.1, 0.15) is 5.75 Å². The molecule has 9 nitrogen and oxygen atoms in total. The first-order valence-electron chi connectivity index (χ1n) is 14.3. The van der Waals surface area contributed by atoms with Crippen LogP contribution in [0.4, 0.5) is 5.69 Å². The molecule has 0 spiro atoms. The lowest BCUT2D eigenvalue weighted by Gasteiger charge is -2.31. The Labute approximate surface area is 259 Å². The van der Waals surface area contributed by atoms with E-state index in [4.69, 9.17) is 21.7 Å². The number of thiocarbonyl (C=S) groups is 1. The van der Waals surface area contributed by atoms with Gasteiger partial charge in [0.05, 0.1) is 51.1 Å². The zero-order valence-corrected chi connectivity index (χ0v) is 25.9. The summed E-state index contributed by atoms with van der Waals surface area (Å²) in [6, 6.07) is 26.6. The Bertz CT molecular complexity index is 1570. The molecule has 1 saturated heterocycles. The summed E-state index contributed by atoms with van der Waals surface area (Å²) >= 11 is 5.92. The van der Waals surface area contributed by atoms with Gasteiger partial charge in [-0.2, -0.15) is 0 Å². The number of ether oxygens (including phenoxy) is 2. The van der Waals surface area contributed by atoms with E-state index in [1.807, 2.05) is 89.5 Å². The zero-order valence-electron chi connectivity index (χ0n) is 24.3. The van der Waals surface area contributed by atoms with Crippen LogP contribution in [0.3, 0.4) is 0 Å². The average molecular weight is 620 g/mol. The predicted molar refractivity (Wildman–Crippen MR) is 172 cm³/mol. The second kappa shape index (κ2) is 14.6. The molecule has 1 N–H and O–H groups in total. The summed E-state index contributed by atoms with van der Waals surface area (Å²) in [7, 11) is -2.10. The fraction of sp³-hybridized carbons (Fsp3) is 0.312. The molecule has 4 aromatic rings. The van der Waals surface area contributed by atoms with Gasteiger partial charge < -0.3 is 24.3 Å². The van der Waals surface area contributed by atoms with Gasteiger partial charge in [-0.3, -0.25) is 4.90 Å². The first kappa shape index (κ1) is 30.7. The molecule has 1 aromatic heterocycles. The average Bonchev–Trinajstić information content (AvgIpc) is 3.43. The molecule has 0 bridgehead atoms. The number of hydrogen-bond donors (Lipinski definition) is 1. The van der Waals surface area contributed by atoms with Crippen molar-refractivity contribution in [2.24, 2.45) is 0 Å². The molecule has 1 aliphatic heterocycles. The van der Waals surface area contributed by atoms with E-state index in [1.54, 1.807) is 13.3 Å². The van der Waals surface area contributed by atoms with Crippen LogP contribution in [0.5, 0.6) is 5.75 Å². The second-order valence-electron chi connectivity index (χ2n) is 10.4. The molecule has 5 rings (SSSR count). The molecular formula is C32H37N5O4S2. The molecular weight excluding hydrogens is 583 g/mol. The van der Waals surface area contributed by atoms with Crippen LogP contribution in [0.25, 0.3) is 0 Å². The minimum atomic E-state index is -3.73. The number of sulfone groups is 1. The first-order chi connectivity index (χ1) is 20.9. The lowest BCUT2D eigenvalue weighted by atomic mass is 10.2. The third kappa shape index (κ3) is 8.41. The Hall–Kier alpha value is -3.77. The third-order valence-electron chi connectivity index (χ3n) is 7.33. The molecule has 0 aliphatic carbocycles. The Morgan fingerprint density at radius 2 is 1.63 bits per heavy atom. The van der Waals surface area contributed by atoms with Gasteiger partial charge in [-0.25, -0.2) is 13.4 Å². The maximum absolute atomic E-state index is 13.7. The van der Waals surface area contributed by atoms with E-state index in [-0.39, 0.29) is 10.9 Å². The van der Waals surface area contributed by atoms with Gasteiger partial charge in [-0.15, -0.1) is 0 Å². The van der Waals surface area contributed by atoms with Crippen LogP contribution in [0.15, 0.2) is 96.3 Å². The number of imidazole rings is 1. The summed E-state index contributed by atoms with van der Waals surface area (Å²) in [5.41, 5.74) is 3.30. The molecule has 2 heterocycles. The number of nitrogens with one attached hydrogen (secondary N) is 1. The lowest BCUT2D eigenvalue weighted by molar-refractivity contribution is 0.0357. The van der Waals surface area contributed by atoms with Crippen molar-refractivity contribution < 1.29 is 17.9 Å². The third-order valence-corrected chi connectivity index (χ3v) is 9.29. The van der Waals surface area contributed by atoms with Crippen molar-refractivity contribution in [1.82, 2.24) is 19.4 Å². The lowest BCUT2D eigenvalue weighted by Crippen LogP contribution is -2.44. The van der Waals surface area contributed by atoms with E-state index in [0.717, 1.165) is 47.9 Å². The highest BCUT2D eigenvalue weighted by Gasteiger charge is 2.26. The van der Waals surface area contributed by atoms with Crippen molar-refractivity contribution in [3.63, 3.8) is 0 Å². The quantitative estimate of drug-likeness (QED) is 0.231. The van der Waals surface area contributed by atoms with Crippen molar-refractivity contribution >= 4 is 32.9 Å². The minimum absolute atomic E-state index is 0.0531. The van der Waals surface area contributed by atoms with Gasteiger partial charge in [-0.1, -0.05) is 60.7 Å². The molecule has 3 aromatic carbocycles. The molecule has 1 fully saturated rings. The van der Waals surface area contributed by atoms with E-state index in [1.165, 1.54) is 0 Å². The molecule has 0 saturated carbocycles. The van der Waals surface area contributed by atoms with E-state index in [0.29, 0.717) is 38.0 Å². The Morgan fingerprint density at radius 3 is 2.28 bits per heavy atom. The summed E-state index contributed by atoms with van der Waals surface area (Å²) in [5, 5.41) is 3.95.